The highest BCUT2D eigenvalue weighted by Crippen LogP contribution is 2.36. The molecule has 2 aromatic rings. The summed E-state index contributed by atoms with van der Waals surface area (Å²) in [5, 5.41) is 38.1. The summed E-state index contributed by atoms with van der Waals surface area (Å²) in [7, 11) is 0. The van der Waals surface area contributed by atoms with Crippen LogP contribution in [0, 0.1) is 0 Å². The van der Waals surface area contributed by atoms with Crippen molar-refractivity contribution in [3.63, 3.8) is 0 Å². The lowest BCUT2D eigenvalue weighted by Gasteiger charge is -2.14. The van der Waals surface area contributed by atoms with Crippen LogP contribution in [-0.4, -0.2) is 26.7 Å². The molecule has 4 nitrogen and oxygen atoms in total. The van der Waals surface area contributed by atoms with Gasteiger partial charge in [-0.15, -0.1) is 0 Å². The van der Waals surface area contributed by atoms with Crippen molar-refractivity contribution < 1.29 is 20.4 Å². The smallest absolute Gasteiger partial charge is 0.161 e. The van der Waals surface area contributed by atoms with E-state index in [-0.39, 0.29) is 17.4 Å². The molecule has 2 aliphatic carbocycles. The van der Waals surface area contributed by atoms with Crippen LogP contribution >= 0.6 is 0 Å². The first kappa shape index (κ1) is 16.6. The highest BCUT2D eigenvalue weighted by molar-refractivity contribution is 5.76. The standard InChI is InChI=1S/C22H20O4/c23-18-9-14(10-19(24)12-18)7-13-1-2-15(8-13)16-3-5-20-17(11-16)4-6-21(20)22(25)26/h1,3-6,8-12,21-26H,2,7H2. The summed E-state index contributed by atoms with van der Waals surface area (Å²) < 4.78 is 0. The average Bonchev–Trinajstić information content (AvgIpc) is 3.19. The van der Waals surface area contributed by atoms with E-state index >= 15 is 0 Å². The molecule has 0 saturated heterocycles. The Morgan fingerprint density at radius 2 is 1.77 bits per heavy atom. The van der Waals surface area contributed by atoms with Gasteiger partial charge in [0.15, 0.2) is 6.29 Å². The number of rotatable bonds is 4. The Bertz CT molecular complexity index is 930. The summed E-state index contributed by atoms with van der Waals surface area (Å²) in [5.74, 6) is -0.230. The van der Waals surface area contributed by atoms with Crippen LogP contribution < -0.4 is 0 Å². The van der Waals surface area contributed by atoms with Crippen molar-refractivity contribution in [2.75, 3.05) is 0 Å². The molecule has 0 spiro atoms. The lowest BCUT2D eigenvalue weighted by atomic mass is 9.95. The molecule has 0 radical (unpaired) electrons. The zero-order valence-electron chi connectivity index (χ0n) is 14.1. The maximum absolute atomic E-state index is 9.61. The van der Waals surface area contributed by atoms with Crippen LogP contribution in [0.2, 0.25) is 0 Å². The molecule has 0 heterocycles. The monoisotopic (exact) mass is 348 g/mol. The van der Waals surface area contributed by atoms with Crippen LogP contribution in [0.4, 0.5) is 0 Å². The van der Waals surface area contributed by atoms with Crippen molar-refractivity contribution in [1.29, 1.82) is 0 Å². The number of hydrogen-bond donors (Lipinski definition) is 4. The van der Waals surface area contributed by atoms with Crippen molar-refractivity contribution in [2.45, 2.75) is 25.0 Å². The zero-order chi connectivity index (χ0) is 18.3. The number of aromatic hydroxyl groups is 2. The lowest BCUT2D eigenvalue weighted by molar-refractivity contribution is -0.0490. The summed E-state index contributed by atoms with van der Waals surface area (Å²) in [6.45, 7) is 0. The second-order valence-corrected chi connectivity index (χ2v) is 6.83. The molecule has 26 heavy (non-hydrogen) atoms. The molecular weight excluding hydrogens is 328 g/mol. The topological polar surface area (TPSA) is 80.9 Å². The quantitative estimate of drug-likeness (QED) is 0.638. The third-order valence-electron chi connectivity index (χ3n) is 4.94. The van der Waals surface area contributed by atoms with E-state index in [0.717, 1.165) is 34.2 Å². The van der Waals surface area contributed by atoms with Gasteiger partial charge in [-0.05, 0) is 64.4 Å². The van der Waals surface area contributed by atoms with Gasteiger partial charge in [0.2, 0.25) is 0 Å². The number of benzene rings is 2. The van der Waals surface area contributed by atoms with Crippen LogP contribution in [0.1, 0.15) is 34.6 Å². The second kappa shape index (κ2) is 6.48. The van der Waals surface area contributed by atoms with E-state index < -0.39 is 6.29 Å². The van der Waals surface area contributed by atoms with E-state index in [1.165, 1.54) is 11.6 Å². The highest BCUT2D eigenvalue weighted by atomic mass is 16.5. The number of aliphatic hydroxyl groups excluding tert-OH is 1. The van der Waals surface area contributed by atoms with Gasteiger partial charge >= 0.3 is 0 Å². The minimum atomic E-state index is -1.38. The first-order valence-electron chi connectivity index (χ1n) is 8.60. The molecular formula is C22H20O4. The van der Waals surface area contributed by atoms with E-state index in [1.807, 2.05) is 24.3 Å². The van der Waals surface area contributed by atoms with Crippen LogP contribution in [0.25, 0.3) is 11.6 Å². The number of hydrogen-bond acceptors (Lipinski definition) is 4. The molecule has 1 unspecified atom stereocenters. The number of aliphatic hydroxyl groups is 2. The van der Waals surface area contributed by atoms with Crippen molar-refractivity contribution in [3.8, 4) is 11.5 Å². The molecule has 2 aromatic carbocycles. The Labute approximate surface area is 151 Å². The molecule has 1 atom stereocenters. The van der Waals surface area contributed by atoms with Crippen molar-refractivity contribution in [1.82, 2.24) is 0 Å². The van der Waals surface area contributed by atoms with Gasteiger partial charge in [0.1, 0.15) is 11.5 Å². The first-order chi connectivity index (χ1) is 12.5. The largest absolute Gasteiger partial charge is 0.508 e. The molecule has 0 fully saturated rings. The molecule has 4 N–H and O–H groups in total. The van der Waals surface area contributed by atoms with Gasteiger partial charge in [-0.1, -0.05) is 36.4 Å². The van der Waals surface area contributed by atoms with Crippen LogP contribution in [0.3, 0.4) is 0 Å². The molecule has 0 bridgehead atoms. The Hall–Kier alpha value is -2.82. The Morgan fingerprint density at radius 1 is 1.00 bits per heavy atom. The minimum Gasteiger partial charge on any atom is -0.508 e. The van der Waals surface area contributed by atoms with Gasteiger partial charge < -0.3 is 20.4 Å². The molecule has 2 aliphatic rings. The molecule has 4 heteroatoms. The first-order valence-corrected chi connectivity index (χ1v) is 8.60. The fourth-order valence-corrected chi connectivity index (χ4v) is 3.69. The summed E-state index contributed by atoms with van der Waals surface area (Å²) >= 11 is 0. The predicted molar refractivity (Wildman–Crippen MR) is 101 cm³/mol. The number of fused-ring (bicyclic) bond motifs is 1. The summed E-state index contributed by atoms with van der Waals surface area (Å²) in [5.41, 5.74) is 6.28. The number of phenols is 2. The molecule has 0 saturated carbocycles. The van der Waals surface area contributed by atoms with Crippen LogP contribution in [-0.2, 0) is 6.42 Å². The van der Waals surface area contributed by atoms with Crippen molar-refractivity contribution in [2.24, 2.45) is 0 Å². The summed E-state index contributed by atoms with van der Waals surface area (Å²) in [6, 6.07) is 10.7. The number of allylic oxidation sites excluding steroid dienone is 4. The average molecular weight is 348 g/mol. The predicted octanol–water partition coefficient (Wildman–Crippen LogP) is 3.48. The van der Waals surface area contributed by atoms with E-state index in [0.29, 0.717) is 6.42 Å². The molecule has 132 valence electrons. The third-order valence-corrected chi connectivity index (χ3v) is 4.94. The summed E-state index contributed by atoms with van der Waals surface area (Å²) in [6.07, 6.45) is 8.14. The Balaban J connectivity index is 1.54. The normalized spacial score (nSPS) is 18.2. The molecule has 0 amide bonds. The van der Waals surface area contributed by atoms with E-state index in [2.05, 4.69) is 18.2 Å². The Morgan fingerprint density at radius 3 is 2.50 bits per heavy atom. The highest BCUT2D eigenvalue weighted by Gasteiger charge is 2.23. The molecule has 0 aromatic heterocycles. The second-order valence-electron chi connectivity index (χ2n) is 6.83. The van der Waals surface area contributed by atoms with Gasteiger partial charge in [-0.3, -0.25) is 0 Å². The van der Waals surface area contributed by atoms with Gasteiger partial charge in [0.05, 0.1) is 5.92 Å². The third kappa shape index (κ3) is 3.17. The maximum atomic E-state index is 9.61. The fraction of sp³-hybridized carbons (Fsp3) is 0.182. The van der Waals surface area contributed by atoms with Gasteiger partial charge in [0, 0.05) is 6.07 Å². The van der Waals surface area contributed by atoms with E-state index in [9.17, 15) is 20.4 Å². The van der Waals surface area contributed by atoms with Gasteiger partial charge in [-0.25, -0.2) is 0 Å². The van der Waals surface area contributed by atoms with E-state index in [4.69, 9.17) is 0 Å². The van der Waals surface area contributed by atoms with Crippen LogP contribution in [0.15, 0.2) is 60.2 Å². The Kier molecular flexibility index (Phi) is 4.15. The van der Waals surface area contributed by atoms with Gasteiger partial charge in [0.25, 0.3) is 0 Å². The summed E-state index contributed by atoms with van der Waals surface area (Å²) in [4.78, 5) is 0. The van der Waals surface area contributed by atoms with Crippen molar-refractivity contribution in [3.05, 3.63) is 82.5 Å². The lowest BCUT2D eigenvalue weighted by Crippen LogP contribution is -2.14. The minimum absolute atomic E-state index is 0.0637. The zero-order valence-corrected chi connectivity index (χ0v) is 14.1. The van der Waals surface area contributed by atoms with Gasteiger partial charge in [-0.2, -0.15) is 0 Å². The fourth-order valence-electron chi connectivity index (χ4n) is 3.69. The van der Waals surface area contributed by atoms with Crippen LogP contribution in [0.5, 0.6) is 11.5 Å². The van der Waals surface area contributed by atoms with Crippen molar-refractivity contribution >= 4 is 11.6 Å². The molecule has 0 aliphatic heterocycles. The maximum Gasteiger partial charge on any atom is 0.161 e. The van der Waals surface area contributed by atoms with E-state index in [1.54, 1.807) is 12.1 Å². The molecule has 4 rings (SSSR count). The SMILES string of the molecule is Oc1cc(O)cc(CC2=CCC(c3ccc4c(c3)C=CC4C(O)O)=C2)c1. The number of phenolic OH excluding ortho intramolecular Hbond substituents is 2.